The predicted octanol–water partition coefficient (Wildman–Crippen LogP) is 2.50. The van der Waals surface area contributed by atoms with E-state index in [0.29, 0.717) is 0 Å². The summed E-state index contributed by atoms with van der Waals surface area (Å²) < 4.78 is 0. The van der Waals surface area contributed by atoms with E-state index in [1.807, 2.05) is 18.2 Å². The second-order valence-corrected chi connectivity index (χ2v) is 3.68. The summed E-state index contributed by atoms with van der Waals surface area (Å²) in [6.07, 6.45) is 4.09. The first-order valence-corrected chi connectivity index (χ1v) is 5.47. The molecule has 1 unspecified atom stereocenters. The topological polar surface area (TPSA) is 38.0 Å². The molecule has 1 rings (SSSR count). The molecule has 82 valence electrons. The molecule has 2 nitrogen and oxygen atoms in total. The molecule has 0 aliphatic carbocycles. The fourth-order valence-electron chi connectivity index (χ4n) is 1.55. The molecule has 1 atom stereocenters. The van der Waals surface area contributed by atoms with Crippen LogP contribution in [0.1, 0.15) is 30.9 Å². The molecule has 1 aromatic rings. The lowest BCUT2D eigenvalue weighted by Crippen LogP contribution is -2.36. The third-order valence-electron chi connectivity index (χ3n) is 2.43. The van der Waals surface area contributed by atoms with Crippen LogP contribution in [0.3, 0.4) is 0 Å². The number of benzene rings is 1. The van der Waals surface area contributed by atoms with Crippen molar-refractivity contribution in [3.8, 4) is 0 Å². The average Bonchev–Trinajstić information content (AvgIpc) is 2.27. The van der Waals surface area contributed by atoms with Crippen molar-refractivity contribution in [3.63, 3.8) is 0 Å². The molecule has 0 fully saturated rings. The van der Waals surface area contributed by atoms with Gasteiger partial charge in [0.15, 0.2) is 0 Å². The minimum absolute atomic E-state index is 0.0906. The van der Waals surface area contributed by atoms with E-state index in [2.05, 4.69) is 31.0 Å². The highest BCUT2D eigenvalue weighted by Gasteiger charge is 2.01. The second-order valence-electron chi connectivity index (χ2n) is 3.68. The van der Waals surface area contributed by atoms with E-state index in [9.17, 15) is 0 Å². The maximum Gasteiger partial charge on any atom is 0.0548 e. The van der Waals surface area contributed by atoms with E-state index in [1.54, 1.807) is 0 Å². The summed E-state index contributed by atoms with van der Waals surface area (Å²) in [4.78, 5) is 0. The van der Waals surface area contributed by atoms with Crippen LogP contribution in [-0.4, -0.2) is 6.17 Å². The van der Waals surface area contributed by atoms with Gasteiger partial charge in [-0.25, -0.2) is 0 Å². The van der Waals surface area contributed by atoms with Crippen LogP contribution in [0.15, 0.2) is 30.8 Å². The SMILES string of the molecule is C=Cc1ccccc1CNC(N)CCC. The van der Waals surface area contributed by atoms with Crippen molar-refractivity contribution in [2.75, 3.05) is 0 Å². The maximum absolute atomic E-state index is 5.89. The molecular formula is C13H20N2. The largest absolute Gasteiger partial charge is 0.316 e. The van der Waals surface area contributed by atoms with E-state index < -0.39 is 0 Å². The van der Waals surface area contributed by atoms with E-state index in [1.165, 1.54) is 11.1 Å². The first kappa shape index (κ1) is 12.0. The number of nitrogens with two attached hydrogens (primary N) is 1. The van der Waals surface area contributed by atoms with Gasteiger partial charge in [0.2, 0.25) is 0 Å². The highest BCUT2D eigenvalue weighted by molar-refractivity contribution is 5.51. The Morgan fingerprint density at radius 1 is 1.47 bits per heavy atom. The van der Waals surface area contributed by atoms with Crippen molar-refractivity contribution >= 4 is 6.08 Å². The van der Waals surface area contributed by atoms with Crippen molar-refractivity contribution in [2.24, 2.45) is 5.73 Å². The Balaban J connectivity index is 2.53. The van der Waals surface area contributed by atoms with Gasteiger partial charge in [0.05, 0.1) is 6.17 Å². The molecule has 2 heteroatoms. The number of rotatable bonds is 6. The molecule has 0 aromatic heterocycles. The summed E-state index contributed by atoms with van der Waals surface area (Å²) in [6, 6.07) is 8.22. The highest BCUT2D eigenvalue weighted by atomic mass is 15.0. The third-order valence-corrected chi connectivity index (χ3v) is 2.43. The predicted molar refractivity (Wildman–Crippen MR) is 66.3 cm³/mol. The monoisotopic (exact) mass is 204 g/mol. The molecule has 0 bridgehead atoms. The van der Waals surface area contributed by atoms with Gasteiger partial charge in [0.1, 0.15) is 0 Å². The smallest absolute Gasteiger partial charge is 0.0548 e. The standard InChI is InChI=1S/C13H20N2/c1-3-7-13(14)15-10-12-9-6-5-8-11(12)4-2/h4-6,8-9,13,15H,2-3,7,10,14H2,1H3. The van der Waals surface area contributed by atoms with Crippen LogP contribution in [0.2, 0.25) is 0 Å². The second kappa shape index (κ2) is 6.38. The quantitative estimate of drug-likeness (QED) is 0.699. The molecule has 0 saturated carbocycles. The lowest BCUT2D eigenvalue weighted by molar-refractivity contribution is 0.489. The summed E-state index contributed by atoms with van der Waals surface area (Å²) in [5, 5.41) is 3.30. The van der Waals surface area contributed by atoms with Gasteiger partial charge < -0.3 is 5.73 Å². The highest BCUT2D eigenvalue weighted by Crippen LogP contribution is 2.09. The lowest BCUT2D eigenvalue weighted by atomic mass is 10.1. The number of nitrogens with one attached hydrogen (secondary N) is 1. The number of hydrogen-bond acceptors (Lipinski definition) is 2. The van der Waals surface area contributed by atoms with Crippen LogP contribution >= 0.6 is 0 Å². The van der Waals surface area contributed by atoms with Crippen LogP contribution in [-0.2, 0) is 6.54 Å². The molecule has 0 amide bonds. The van der Waals surface area contributed by atoms with Crippen LogP contribution in [0.5, 0.6) is 0 Å². The third kappa shape index (κ3) is 3.86. The molecule has 0 aliphatic heterocycles. The molecule has 0 aliphatic rings. The maximum atomic E-state index is 5.89. The Morgan fingerprint density at radius 2 is 2.20 bits per heavy atom. The van der Waals surface area contributed by atoms with Crippen molar-refractivity contribution in [1.82, 2.24) is 5.32 Å². The average molecular weight is 204 g/mol. The molecule has 3 N–H and O–H groups in total. The van der Waals surface area contributed by atoms with Crippen LogP contribution in [0.4, 0.5) is 0 Å². The summed E-state index contributed by atoms with van der Waals surface area (Å²) in [7, 11) is 0. The van der Waals surface area contributed by atoms with E-state index >= 15 is 0 Å². The molecule has 0 radical (unpaired) electrons. The molecule has 0 heterocycles. The van der Waals surface area contributed by atoms with Gasteiger partial charge in [-0.15, -0.1) is 0 Å². The summed E-state index contributed by atoms with van der Waals surface area (Å²) in [5.41, 5.74) is 8.31. The van der Waals surface area contributed by atoms with Gasteiger partial charge in [0.25, 0.3) is 0 Å². The Bertz CT molecular complexity index is 307. The Kier molecular flexibility index (Phi) is 5.08. The van der Waals surface area contributed by atoms with Gasteiger partial charge in [-0.3, -0.25) is 5.32 Å². The number of hydrogen-bond donors (Lipinski definition) is 2. The van der Waals surface area contributed by atoms with Crippen molar-refractivity contribution in [3.05, 3.63) is 42.0 Å². The summed E-state index contributed by atoms with van der Waals surface area (Å²) in [5.74, 6) is 0. The van der Waals surface area contributed by atoms with Gasteiger partial charge >= 0.3 is 0 Å². The van der Waals surface area contributed by atoms with Gasteiger partial charge in [-0.05, 0) is 17.5 Å². The van der Waals surface area contributed by atoms with Gasteiger partial charge in [0, 0.05) is 6.54 Å². The zero-order chi connectivity index (χ0) is 11.1. The molecule has 1 aromatic carbocycles. The lowest BCUT2D eigenvalue weighted by Gasteiger charge is -2.13. The molecule has 15 heavy (non-hydrogen) atoms. The van der Waals surface area contributed by atoms with Gasteiger partial charge in [-0.2, -0.15) is 0 Å². The van der Waals surface area contributed by atoms with Crippen LogP contribution < -0.4 is 11.1 Å². The fourth-order valence-corrected chi connectivity index (χ4v) is 1.55. The minimum Gasteiger partial charge on any atom is -0.316 e. The normalized spacial score (nSPS) is 12.4. The van der Waals surface area contributed by atoms with Crippen molar-refractivity contribution in [1.29, 1.82) is 0 Å². The van der Waals surface area contributed by atoms with Gasteiger partial charge in [-0.1, -0.05) is 50.3 Å². The minimum atomic E-state index is 0.0906. The summed E-state index contributed by atoms with van der Waals surface area (Å²) >= 11 is 0. The van der Waals surface area contributed by atoms with Crippen molar-refractivity contribution in [2.45, 2.75) is 32.5 Å². The molecule has 0 saturated heterocycles. The van der Waals surface area contributed by atoms with E-state index in [4.69, 9.17) is 5.73 Å². The van der Waals surface area contributed by atoms with Crippen LogP contribution in [0.25, 0.3) is 6.08 Å². The zero-order valence-electron chi connectivity index (χ0n) is 9.37. The Hall–Kier alpha value is -1.12. The van der Waals surface area contributed by atoms with Crippen LogP contribution in [0, 0.1) is 0 Å². The van der Waals surface area contributed by atoms with Crippen molar-refractivity contribution < 1.29 is 0 Å². The fraction of sp³-hybridized carbons (Fsp3) is 0.385. The van der Waals surface area contributed by atoms with E-state index in [-0.39, 0.29) is 6.17 Å². The molecular weight excluding hydrogens is 184 g/mol. The first-order valence-electron chi connectivity index (χ1n) is 5.47. The van der Waals surface area contributed by atoms with E-state index in [0.717, 1.165) is 19.4 Å². The Labute approximate surface area is 92.2 Å². The Morgan fingerprint density at radius 3 is 2.87 bits per heavy atom. The first-order chi connectivity index (χ1) is 7.27. The molecule has 0 spiro atoms. The zero-order valence-corrected chi connectivity index (χ0v) is 9.37. The summed E-state index contributed by atoms with van der Waals surface area (Å²) in [6.45, 7) is 6.74.